The number of carbonyl (C=O) groups is 1. The molecule has 0 aliphatic carbocycles. The second kappa shape index (κ2) is 9.37. The Morgan fingerprint density at radius 3 is 2.76 bits per heavy atom. The normalized spacial score (nSPS) is 17.3. The van der Waals surface area contributed by atoms with E-state index in [1.54, 1.807) is 19.1 Å². The zero-order chi connectivity index (χ0) is 15.7. The first kappa shape index (κ1) is 17.5. The smallest absolute Gasteiger partial charge is 0.265 e. The second-order valence-corrected chi connectivity index (χ2v) is 5.42. The number of rotatable bonds is 7. The molecule has 1 heterocycles. The number of piperidine rings is 1. The molecule has 0 aromatic carbocycles. The van der Waals surface area contributed by atoms with E-state index in [1.165, 1.54) is 6.20 Å². The average molecular weight is 294 g/mol. The summed E-state index contributed by atoms with van der Waals surface area (Å²) in [5, 5.41) is 12.1. The van der Waals surface area contributed by atoms with Crippen molar-refractivity contribution in [1.29, 1.82) is 5.26 Å². The molecule has 21 heavy (non-hydrogen) atoms. The van der Waals surface area contributed by atoms with Crippen molar-refractivity contribution in [1.82, 2.24) is 15.1 Å². The molecule has 0 atom stereocenters. The average Bonchev–Trinajstić information content (AvgIpc) is 2.50. The zero-order valence-electron chi connectivity index (χ0n) is 13.3. The van der Waals surface area contributed by atoms with Crippen LogP contribution in [0.2, 0.25) is 0 Å². The van der Waals surface area contributed by atoms with Crippen LogP contribution in [0, 0.1) is 11.3 Å². The highest BCUT2D eigenvalue weighted by Gasteiger charge is 2.25. The molecule has 1 aliphatic heterocycles. The monoisotopic (exact) mass is 294 g/mol. The van der Waals surface area contributed by atoms with Crippen molar-refractivity contribution < 1.29 is 9.53 Å². The predicted octanol–water partition coefficient (Wildman–Crippen LogP) is 0.573. The number of nitriles is 1. The van der Waals surface area contributed by atoms with Gasteiger partial charge in [-0.05, 0) is 39.4 Å². The Morgan fingerprint density at radius 1 is 1.52 bits per heavy atom. The SMILES string of the molecule is COCCCN/C=C(/C#N)C(=O)N(C)C1CCN(C)CC1. The van der Waals surface area contributed by atoms with Gasteiger partial charge in [0.2, 0.25) is 0 Å². The molecule has 0 bridgehead atoms. The third-order valence-electron chi connectivity index (χ3n) is 3.82. The summed E-state index contributed by atoms with van der Waals surface area (Å²) in [6.07, 6.45) is 4.27. The van der Waals surface area contributed by atoms with Crippen molar-refractivity contribution in [3.8, 4) is 6.07 Å². The molecule has 0 aromatic heterocycles. The fourth-order valence-corrected chi connectivity index (χ4v) is 2.37. The topological polar surface area (TPSA) is 68.6 Å². The molecule has 1 N–H and O–H groups in total. The van der Waals surface area contributed by atoms with E-state index >= 15 is 0 Å². The maximum absolute atomic E-state index is 12.3. The van der Waals surface area contributed by atoms with Gasteiger partial charge in [0.25, 0.3) is 5.91 Å². The summed E-state index contributed by atoms with van der Waals surface area (Å²) in [7, 11) is 5.52. The molecule has 1 amide bonds. The highest BCUT2D eigenvalue weighted by atomic mass is 16.5. The molecule has 1 rings (SSSR count). The molecular formula is C15H26N4O2. The number of carbonyl (C=O) groups excluding carboxylic acids is 1. The Labute approximate surface area is 127 Å². The third-order valence-corrected chi connectivity index (χ3v) is 3.82. The van der Waals surface area contributed by atoms with Gasteiger partial charge in [-0.25, -0.2) is 0 Å². The molecule has 0 aromatic rings. The summed E-state index contributed by atoms with van der Waals surface area (Å²) >= 11 is 0. The standard InChI is InChI=1S/C15H26N4O2/c1-18-8-5-14(6-9-18)19(2)15(20)13(11-16)12-17-7-4-10-21-3/h12,14,17H,4-10H2,1-3H3/b13-12-. The second-order valence-electron chi connectivity index (χ2n) is 5.42. The molecule has 0 unspecified atom stereocenters. The van der Waals surface area contributed by atoms with E-state index in [0.717, 1.165) is 32.4 Å². The lowest BCUT2D eigenvalue weighted by atomic mass is 10.0. The van der Waals surface area contributed by atoms with Gasteiger partial charge < -0.3 is 19.9 Å². The Morgan fingerprint density at radius 2 is 2.19 bits per heavy atom. The molecule has 0 spiro atoms. The van der Waals surface area contributed by atoms with Crippen molar-refractivity contribution in [3.63, 3.8) is 0 Å². The summed E-state index contributed by atoms with van der Waals surface area (Å²) in [5.74, 6) is -0.203. The quantitative estimate of drug-likeness (QED) is 0.422. The summed E-state index contributed by atoms with van der Waals surface area (Å²) in [6.45, 7) is 3.32. The first-order valence-electron chi connectivity index (χ1n) is 7.38. The number of hydrogen-bond acceptors (Lipinski definition) is 5. The van der Waals surface area contributed by atoms with Crippen LogP contribution in [0.4, 0.5) is 0 Å². The maximum atomic E-state index is 12.3. The lowest BCUT2D eigenvalue weighted by molar-refractivity contribution is -0.128. The highest BCUT2D eigenvalue weighted by Crippen LogP contribution is 2.15. The minimum absolute atomic E-state index is 0.161. The van der Waals surface area contributed by atoms with Gasteiger partial charge in [-0.1, -0.05) is 0 Å². The number of likely N-dealkylation sites (tertiary alicyclic amines) is 1. The molecule has 0 saturated carbocycles. The predicted molar refractivity (Wildman–Crippen MR) is 81.5 cm³/mol. The van der Waals surface area contributed by atoms with Gasteiger partial charge in [-0.2, -0.15) is 5.26 Å². The van der Waals surface area contributed by atoms with Gasteiger partial charge in [0, 0.05) is 39.6 Å². The molecule has 6 nitrogen and oxygen atoms in total. The first-order chi connectivity index (χ1) is 10.1. The first-order valence-corrected chi connectivity index (χ1v) is 7.38. The lowest BCUT2D eigenvalue weighted by Crippen LogP contribution is -2.45. The summed E-state index contributed by atoms with van der Waals surface area (Å²) in [5.41, 5.74) is 0.161. The molecule has 1 aliphatic rings. The summed E-state index contributed by atoms with van der Waals surface area (Å²) in [4.78, 5) is 16.3. The Balaban J connectivity index is 2.49. The molecular weight excluding hydrogens is 268 g/mol. The fraction of sp³-hybridized carbons (Fsp3) is 0.733. The van der Waals surface area contributed by atoms with Gasteiger partial charge in [-0.3, -0.25) is 4.79 Å². The van der Waals surface area contributed by atoms with E-state index in [9.17, 15) is 4.79 Å². The number of methoxy groups -OCH3 is 1. The number of hydrogen-bond donors (Lipinski definition) is 1. The van der Waals surface area contributed by atoms with Crippen LogP contribution in [0.15, 0.2) is 11.8 Å². The van der Waals surface area contributed by atoms with E-state index < -0.39 is 0 Å². The van der Waals surface area contributed by atoms with E-state index in [4.69, 9.17) is 10.00 Å². The number of ether oxygens (including phenoxy) is 1. The summed E-state index contributed by atoms with van der Waals surface area (Å²) < 4.78 is 4.94. The maximum Gasteiger partial charge on any atom is 0.265 e. The van der Waals surface area contributed by atoms with Gasteiger partial charge in [-0.15, -0.1) is 0 Å². The Hall–Kier alpha value is -1.58. The van der Waals surface area contributed by atoms with Gasteiger partial charge in [0.05, 0.1) is 0 Å². The van der Waals surface area contributed by atoms with E-state index in [-0.39, 0.29) is 17.5 Å². The minimum Gasteiger partial charge on any atom is -0.390 e. The number of nitrogens with zero attached hydrogens (tertiary/aromatic N) is 3. The van der Waals surface area contributed by atoms with Crippen molar-refractivity contribution >= 4 is 5.91 Å². The van der Waals surface area contributed by atoms with Crippen LogP contribution >= 0.6 is 0 Å². The Bertz CT molecular complexity index is 395. The fourth-order valence-electron chi connectivity index (χ4n) is 2.37. The minimum atomic E-state index is -0.203. The van der Waals surface area contributed by atoms with Crippen LogP contribution in [-0.4, -0.2) is 69.2 Å². The molecule has 0 radical (unpaired) electrons. The van der Waals surface area contributed by atoms with Crippen LogP contribution in [0.5, 0.6) is 0 Å². The van der Waals surface area contributed by atoms with Crippen LogP contribution in [0.25, 0.3) is 0 Å². The van der Waals surface area contributed by atoms with Crippen molar-refractivity contribution in [2.24, 2.45) is 0 Å². The molecule has 1 fully saturated rings. The third kappa shape index (κ3) is 5.74. The van der Waals surface area contributed by atoms with Gasteiger partial charge >= 0.3 is 0 Å². The van der Waals surface area contributed by atoms with Crippen molar-refractivity contribution in [2.45, 2.75) is 25.3 Å². The largest absolute Gasteiger partial charge is 0.390 e. The van der Waals surface area contributed by atoms with Gasteiger partial charge in [0.15, 0.2) is 0 Å². The highest BCUT2D eigenvalue weighted by molar-refractivity contribution is 5.97. The Kier molecular flexibility index (Phi) is 7.80. The van der Waals surface area contributed by atoms with Crippen LogP contribution in [-0.2, 0) is 9.53 Å². The van der Waals surface area contributed by atoms with Crippen LogP contribution < -0.4 is 5.32 Å². The number of amides is 1. The number of nitrogens with one attached hydrogen (secondary N) is 1. The molecule has 118 valence electrons. The van der Waals surface area contributed by atoms with E-state index in [1.807, 2.05) is 6.07 Å². The lowest BCUT2D eigenvalue weighted by Gasteiger charge is -2.34. The van der Waals surface area contributed by atoms with Crippen molar-refractivity contribution in [2.75, 3.05) is 47.4 Å². The van der Waals surface area contributed by atoms with Crippen LogP contribution in [0.1, 0.15) is 19.3 Å². The summed E-state index contributed by atoms with van der Waals surface area (Å²) in [6, 6.07) is 2.21. The molecule has 6 heteroatoms. The zero-order valence-corrected chi connectivity index (χ0v) is 13.3. The van der Waals surface area contributed by atoms with Crippen LogP contribution in [0.3, 0.4) is 0 Å². The van der Waals surface area contributed by atoms with Gasteiger partial charge in [0.1, 0.15) is 11.6 Å². The molecule has 1 saturated heterocycles. The van der Waals surface area contributed by atoms with E-state index in [2.05, 4.69) is 17.3 Å². The van der Waals surface area contributed by atoms with Crippen molar-refractivity contribution in [3.05, 3.63) is 11.8 Å². The number of likely N-dealkylation sites (N-methyl/N-ethyl adjacent to an activating group) is 1. The van der Waals surface area contributed by atoms with E-state index in [0.29, 0.717) is 13.2 Å².